The lowest BCUT2D eigenvalue weighted by atomic mass is 10.0. The van der Waals surface area contributed by atoms with Crippen LogP contribution < -0.4 is 5.32 Å². The zero-order valence-corrected chi connectivity index (χ0v) is 7.21. The second-order valence-corrected chi connectivity index (χ2v) is 3.15. The van der Waals surface area contributed by atoms with Crippen LogP contribution in [-0.4, -0.2) is 24.2 Å². The molecule has 1 fully saturated rings. The van der Waals surface area contributed by atoms with Gasteiger partial charge in [0, 0.05) is 18.9 Å². The van der Waals surface area contributed by atoms with Gasteiger partial charge in [0.1, 0.15) is 0 Å². The Kier molecular flexibility index (Phi) is 2.15. The van der Waals surface area contributed by atoms with Crippen LogP contribution in [0.1, 0.15) is 18.5 Å². The highest BCUT2D eigenvalue weighted by atomic mass is 16.5. The van der Waals surface area contributed by atoms with E-state index < -0.39 is 0 Å². The van der Waals surface area contributed by atoms with E-state index in [1.54, 1.807) is 0 Å². The summed E-state index contributed by atoms with van der Waals surface area (Å²) < 4.78 is 5.54. The Hall–Kier alpha value is -0.800. The molecule has 2 heterocycles. The van der Waals surface area contributed by atoms with Crippen molar-refractivity contribution < 1.29 is 4.74 Å². The highest BCUT2D eigenvalue weighted by Crippen LogP contribution is 2.20. The molecule has 2 unspecified atom stereocenters. The molecule has 2 N–H and O–H groups in total. The highest BCUT2D eigenvalue weighted by molar-refractivity contribution is 5.15. The van der Waals surface area contributed by atoms with Gasteiger partial charge in [0.05, 0.1) is 18.8 Å². The van der Waals surface area contributed by atoms with Crippen molar-refractivity contribution in [1.82, 2.24) is 10.3 Å². The number of hydrogen-bond acceptors (Lipinski definition) is 2. The van der Waals surface area contributed by atoms with Crippen molar-refractivity contribution in [3.63, 3.8) is 0 Å². The van der Waals surface area contributed by atoms with Crippen molar-refractivity contribution >= 4 is 0 Å². The van der Waals surface area contributed by atoms with E-state index in [0.717, 1.165) is 13.2 Å². The molecule has 66 valence electrons. The van der Waals surface area contributed by atoms with E-state index in [1.807, 2.05) is 12.4 Å². The molecule has 0 amide bonds. The first-order valence-corrected chi connectivity index (χ1v) is 4.35. The van der Waals surface area contributed by atoms with Crippen molar-refractivity contribution in [2.24, 2.45) is 0 Å². The molecule has 0 saturated carbocycles. The fraction of sp³-hybridized carbons (Fsp3) is 0.556. The van der Waals surface area contributed by atoms with Gasteiger partial charge in [0.15, 0.2) is 0 Å². The summed E-state index contributed by atoms with van der Waals surface area (Å²) in [5.41, 5.74) is 1.28. The van der Waals surface area contributed by atoms with E-state index in [9.17, 15) is 0 Å². The molecular weight excluding hydrogens is 152 g/mol. The largest absolute Gasteiger partial charge is 0.375 e. The van der Waals surface area contributed by atoms with Crippen molar-refractivity contribution in [3.8, 4) is 0 Å². The predicted octanol–water partition coefficient (Wildman–Crippen LogP) is 1.06. The smallest absolute Gasteiger partial charge is 0.0742 e. The van der Waals surface area contributed by atoms with Gasteiger partial charge in [0.25, 0.3) is 0 Å². The molecule has 1 aromatic rings. The van der Waals surface area contributed by atoms with Gasteiger partial charge < -0.3 is 15.0 Å². The molecule has 3 heteroatoms. The number of ether oxygens (including phenoxy) is 1. The van der Waals surface area contributed by atoms with Crippen molar-refractivity contribution in [2.45, 2.75) is 19.1 Å². The number of aromatic amines is 1. The average molecular weight is 166 g/mol. The topological polar surface area (TPSA) is 37.0 Å². The standard InChI is InChI=1S/C9H14N2O/c1-7-9(11-4-5-12-7)8-2-3-10-6-8/h2-3,6-7,9-11H,4-5H2,1H3. The van der Waals surface area contributed by atoms with Gasteiger partial charge in [-0.3, -0.25) is 0 Å². The van der Waals surface area contributed by atoms with Crippen LogP contribution in [0.4, 0.5) is 0 Å². The van der Waals surface area contributed by atoms with Gasteiger partial charge in [0.2, 0.25) is 0 Å². The maximum Gasteiger partial charge on any atom is 0.0742 e. The van der Waals surface area contributed by atoms with Crippen molar-refractivity contribution in [2.75, 3.05) is 13.2 Å². The van der Waals surface area contributed by atoms with Gasteiger partial charge in [-0.25, -0.2) is 0 Å². The molecular formula is C9H14N2O. The minimum absolute atomic E-state index is 0.273. The van der Waals surface area contributed by atoms with Crippen LogP contribution in [-0.2, 0) is 4.74 Å². The molecule has 0 bridgehead atoms. The third-order valence-electron chi connectivity index (χ3n) is 2.30. The summed E-state index contributed by atoms with van der Waals surface area (Å²) in [5, 5.41) is 3.43. The minimum atomic E-state index is 0.273. The third-order valence-corrected chi connectivity index (χ3v) is 2.30. The summed E-state index contributed by atoms with van der Waals surface area (Å²) in [5.74, 6) is 0. The van der Waals surface area contributed by atoms with Gasteiger partial charge in [-0.15, -0.1) is 0 Å². The quantitative estimate of drug-likeness (QED) is 0.654. The maximum atomic E-state index is 5.54. The van der Waals surface area contributed by atoms with E-state index in [2.05, 4.69) is 23.3 Å². The molecule has 2 atom stereocenters. The van der Waals surface area contributed by atoms with E-state index in [1.165, 1.54) is 5.56 Å². The minimum Gasteiger partial charge on any atom is -0.375 e. The number of morpholine rings is 1. The lowest BCUT2D eigenvalue weighted by Gasteiger charge is -2.29. The molecule has 1 saturated heterocycles. The van der Waals surface area contributed by atoms with Crippen LogP contribution in [0.25, 0.3) is 0 Å². The molecule has 1 aromatic heterocycles. The van der Waals surface area contributed by atoms with Gasteiger partial charge in [-0.1, -0.05) is 0 Å². The first-order chi connectivity index (χ1) is 5.88. The summed E-state index contributed by atoms with van der Waals surface area (Å²) >= 11 is 0. The van der Waals surface area contributed by atoms with Crippen LogP contribution in [0.2, 0.25) is 0 Å². The normalized spacial score (nSPS) is 30.4. The van der Waals surface area contributed by atoms with Crippen molar-refractivity contribution in [3.05, 3.63) is 24.0 Å². The molecule has 1 aliphatic heterocycles. The molecule has 0 aromatic carbocycles. The molecule has 0 radical (unpaired) electrons. The fourth-order valence-electron chi connectivity index (χ4n) is 1.64. The van der Waals surface area contributed by atoms with Gasteiger partial charge in [-0.05, 0) is 18.6 Å². The molecule has 1 aliphatic rings. The number of aromatic nitrogens is 1. The van der Waals surface area contributed by atoms with E-state index in [4.69, 9.17) is 4.74 Å². The molecule has 12 heavy (non-hydrogen) atoms. The Bertz CT molecular complexity index is 233. The summed E-state index contributed by atoms with van der Waals surface area (Å²) in [6.07, 6.45) is 4.23. The fourth-order valence-corrected chi connectivity index (χ4v) is 1.64. The predicted molar refractivity (Wildman–Crippen MR) is 47.0 cm³/mol. The number of H-pyrrole nitrogens is 1. The third kappa shape index (κ3) is 1.38. The van der Waals surface area contributed by atoms with E-state index in [0.29, 0.717) is 6.04 Å². The average Bonchev–Trinajstić information content (AvgIpc) is 2.57. The van der Waals surface area contributed by atoms with E-state index >= 15 is 0 Å². The zero-order valence-electron chi connectivity index (χ0n) is 7.21. The number of rotatable bonds is 1. The van der Waals surface area contributed by atoms with Crippen LogP contribution >= 0.6 is 0 Å². The lowest BCUT2D eigenvalue weighted by Crippen LogP contribution is -2.40. The van der Waals surface area contributed by atoms with Gasteiger partial charge >= 0.3 is 0 Å². The van der Waals surface area contributed by atoms with Crippen LogP contribution in [0.5, 0.6) is 0 Å². The van der Waals surface area contributed by atoms with Crippen LogP contribution in [0.3, 0.4) is 0 Å². The summed E-state index contributed by atoms with van der Waals surface area (Å²) in [4.78, 5) is 3.05. The Balaban J connectivity index is 2.11. The summed E-state index contributed by atoms with van der Waals surface area (Å²) in [7, 11) is 0. The second kappa shape index (κ2) is 3.29. The number of hydrogen-bond donors (Lipinski definition) is 2. The number of nitrogens with one attached hydrogen (secondary N) is 2. The molecule has 3 nitrogen and oxygen atoms in total. The van der Waals surface area contributed by atoms with Crippen LogP contribution in [0, 0.1) is 0 Å². The Labute approximate surface area is 72.1 Å². The SMILES string of the molecule is CC1OCCNC1c1cc[nH]c1. The van der Waals surface area contributed by atoms with Gasteiger partial charge in [-0.2, -0.15) is 0 Å². The highest BCUT2D eigenvalue weighted by Gasteiger charge is 2.22. The van der Waals surface area contributed by atoms with E-state index in [-0.39, 0.29) is 6.10 Å². The maximum absolute atomic E-state index is 5.54. The Morgan fingerprint density at radius 1 is 1.58 bits per heavy atom. The second-order valence-electron chi connectivity index (χ2n) is 3.15. The van der Waals surface area contributed by atoms with Crippen molar-refractivity contribution in [1.29, 1.82) is 0 Å². The van der Waals surface area contributed by atoms with Crippen LogP contribution in [0.15, 0.2) is 18.5 Å². The summed E-state index contributed by atoms with van der Waals surface area (Å²) in [6, 6.07) is 2.44. The zero-order chi connectivity index (χ0) is 8.39. The molecule has 0 aliphatic carbocycles. The lowest BCUT2D eigenvalue weighted by molar-refractivity contribution is 0.00760. The molecule has 0 spiro atoms. The monoisotopic (exact) mass is 166 g/mol. The molecule has 2 rings (SSSR count). The summed E-state index contributed by atoms with van der Waals surface area (Å²) in [6.45, 7) is 3.87. The Morgan fingerprint density at radius 3 is 3.17 bits per heavy atom. The Morgan fingerprint density at radius 2 is 2.50 bits per heavy atom. The first-order valence-electron chi connectivity index (χ1n) is 4.35. The first kappa shape index (κ1) is 7.83.